The molecule has 0 N–H and O–H groups in total. The van der Waals surface area contributed by atoms with E-state index in [1.54, 1.807) is 0 Å². The van der Waals surface area contributed by atoms with Gasteiger partial charge in [0, 0.05) is 0 Å². The van der Waals surface area contributed by atoms with Crippen LogP contribution in [0.3, 0.4) is 0 Å². The summed E-state index contributed by atoms with van der Waals surface area (Å²) in [4.78, 5) is 0. The van der Waals surface area contributed by atoms with Gasteiger partial charge in [0.15, 0.2) is 0 Å². The molecule has 0 unspecified atom stereocenters. The Morgan fingerprint density at radius 1 is 1.00 bits per heavy atom. The first-order valence-electron chi connectivity index (χ1n) is 6.56. The van der Waals surface area contributed by atoms with Crippen LogP contribution in [0.1, 0.15) is 45.7 Å². The fraction of sp³-hybridized carbons (Fsp3) is 0.333. The second kappa shape index (κ2) is 4.61. The van der Waals surface area contributed by atoms with Gasteiger partial charge in [-0.05, 0) is 41.2 Å². The molecule has 0 aliphatic heterocycles. The molecule has 2 aromatic carbocycles. The van der Waals surface area contributed by atoms with Crippen molar-refractivity contribution in [2.24, 2.45) is 0 Å². The molecular weight excluding hydrogens is 216 g/mol. The molecule has 0 aliphatic carbocycles. The molecule has 18 heavy (non-hydrogen) atoms. The first-order chi connectivity index (χ1) is 8.38. The minimum absolute atomic E-state index is 0.209. The lowest BCUT2D eigenvalue weighted by Gasteiger charge is -2.19. The highest BCUT2D eigenvalue weighted by Gasteiger charge is 2.13. The topological polar surface area (TPSA) is 0 Å². The Labute approximate surface area is 110 Å². The Kier molecular flexibility index (Phi) is 3.30. The maximum atomic E-state index is 2.32. The normalized spacial score (nSPS) is 11.6. The molecule has 0 aliphatic rings. The minimum atomic E-state index is 0.209. The zero-order valence-electron chi connectivity index (χ0n) is 12.0. The van der Waals surface area contributed by atoms with Crippen molar-refractivity contribution in [3.05, 3.63) is 53.1 Å². The second-order valence-corrected chi connectivity index (χ2v) is 6.25. The van der Waals surface area contributed by atoms with Crippen molar-refractivity contribution in [1.29, 1.82) is 0 Å². The zero-order chi connectivity index (χ0) is 13.3. The standard InChI is InChI=1S/C18H22/c1-13(2)11-14-7-6-8-15-12-16(18(3,4)5)9-10-17(14)15/h6-12H,1-5H3. The van der Waals surface area contributed by atoms with Gasteiger partial charge in [-0.15, -0.1) is 0 Å². The van der Waals surface area contributed by atoms with Crippen LogP contribution in [-0.4, -0.2) is 0 Å². The molecule has 2 aromatic rings. The zero-order valence-corrected chi connectivity index (χ0v) is 12.0. The monoisotopic (exact) mass is 238 g/mol. The summed E-state index contributed by atoms with van der Waals surface area (Å²) in [5.41, 5.74) is 4.25. The summed E-state index contributed by atoms with van der Waals surface area (Å²) in [6.07, 6.45) is 2.25. The second-order valence-electron chi connectivity index (χ2n) is 6.25. The van der Waals surface area contributed by atoms with E-state index >= 15 is 0 Å². The van der Waals surface area contributed by atoms with Crippen molar-refractivity contribution < 1.29 is 0 Å². The maximum Gasteiger partial charge on any atom is -0.0111 e. The predicted octanol–water partition coefficient (Wildman–Crippen LogP) is 5.56. The van der Waals surface area contributed by atoms with Gasteiger partial charge in [-0.1, -0.05) is 68.8 Å². The van der Waals surface area contributed by atoms with Gasteiger partial charge >= 0.3 is 0 Å². The van der Waals surface area contributed by atoms with Gasteiger partial charge in [0.05, 0.1) is 0 Å². The third-order valence-electron chi connectivity index (χ3n) is 3.22. The fourth-order valence-electron chi connectivity index (χ4n) is 2.21. The van der Waals surface area contributed by atoms with Crippen LogP contribution < -0.4 is 0 Å². The maximum absolute atomic E-state index is 2.32. The average molecular weight is 238 g/mol. The summed E-state index contributed by atoms with van der Waals surface area (Å²) in [5.74, 6) is 0. The Balaban J connectivity index is 2.64. The molecule has 0 spiro atoms. The van der Waals surface area contributed by atoms with Crippen LogP contribution >= 0.6 is 0 Å². The molecule has 0 heterocycles. The van der Waals surface area contributed by atoms with Gasteiger partial charge in [0.1, 0.15) is 0 Å². The van der Waals surface area contributed by atoms with Crippen LogP contribution in [0.2, 0.25) is 0 Å². The van der Waals surface area contributed by atoms with Gasteiger partial charge in [-0.3, -0.25) is 0 Å². The van der Waals surface area contributed by atoms with Crippen LogP contribution in [-0.2, 0) is 5.41 Å². The molecule has 0 heteroatoms. The van der Waals surface area contributed by atoms with Crippen LogP contribution in [0, 0.1) is 0 Å². The Morgan fingerprint density at radius 3 is 2.33 bits per heavy atom. The summed E-state index contributed by atoms with van der Waals surface area (Å²) < 4.78 is 0. The molecule has 0 saturated heterocycles. The van der Waals surface area contributed by atoms with E-state index in [1.165, 1.54) is 27.5 Å². The fourth-order valence-corrected chi connectivity index (χ4v) is 2.21. The van der Waals surface area contributed by atoms with Crippen LogP contribution in [0.5, 0.6) is 0 Å². The van der Waals surface area contributed by atoms with Crippen LogP contribution in [0.4, 0.5) is 0 Å². The molecule has 0 radical (unpaired) electrons. The van der Waals surface area contributed by atoms with Crippen molar-refractivity contribution in [3.8, 4) is 0 Å². The lowest BCUT2D eigenvalue weighted by molar-refractivity contribution is 0.591. The number of benzene rings is 2. The largest absolute Gasteiger partial charge is 0.0758 e. The summed E-state index contributed by atoms with van der Waals surface area (Å²) in [5, 5.41) is 2.67. The van der Waals surface area contributed by atoms with Crippen molar-refractivity contribution in [3.63, 3.8) is 0 Å². The van der Waals surface area contributed by atoms with E-state index in [1.807, 2.05) is 0 Å². The molecule has 0 amide bonds. The summed E-state index contributed by atoms with van der Waals surface area (Å²) in [7, 11) is 0. The molecule has 0 bridgehead atoms. The smallest absolute Gasteiger partial charge is 0.0111 e. The molecule has 2 rings (SSSR count). The number of rotatable bonds is 1. The number of hydrogen-bond acceptors (Lipinski definition) is 0. The summed E-state index contributed by atoms with van der Waals surface area (Å²) in [6.45, 7) is 11.1. The van der Waals surface area contributed by atoms with E-state index in [0.717, 1.165) is 0 Å². The number of allylic oxidation sites excluding steroid dienone is 1. The van der Waals surface area contributed by atoms with Crippen molar-refractivity contribution >= 4 is 16.8 Å². The first kappa shape index (κ1) is 12.9. The molecular formula is C18H22. The quantitative estimate of drug-likeness (QED) is 0.610. The van der Waals surface area contributed by atoms with Crippen molar-refractivity contribution in [2.75, 3.05) is 0 Å². The summed E-state index contributed by atoms with van der Waals surface area (Å²) >= 11 is 0. The van der Waals surface area contributed by atoms with Gasteiger partial charge in [0.25, 0.3) is 0 Å². The third kappa shape index (κ3) is 2.64. The van der Waals surface area contributed by atoms with Gasteiger partial charge < -0.3 is 0 Å². The Bertz CT molecular complexity index is 591. The first-order valence-corrected chi connectivity index (χ1v) is 6.56. The van der Waals surface area contributed by atoms with E-state index in [-0.39, 0.29) is 5.41 Å². The van der Waals surface area contributed by atoms with Crippen molar-refractivity contribution in [2.45, 2.75) is 40.0 Å². The van der Waals surface area contributed by atoms with E-state index in [4.69, 9.17) is 0 Å². The minimum Gasteiger partial charge on any atom is -0.0758 e. The predicted molar refractivity (Wildman–Crippen MR) is 82.0 cm³/mol. The Hall–Kier alpha value is -1.56. The Morgan fingerprint density at radius 2 is 1.72 bits per heavy atom. The van der Waals surface area contributed by atoms with E-state index in [0.29, 0.717) is 0 Å². The van der Waals surface area contributed by atoms with Crippen molar-refractivity contribution in [1.82, 2.24) is 0 Å². The molecule has 0 nitrogen and oxygen atoms in total. The molecule has 0 fully saturated rings. The number of fused-ring (bicyclic) bond motifs is 1. The van der Waals surface area contributed by atoms with Crippen LogP contribution in [0.25, 0.3) is 16.8 Å². The number of hydrogen-bond donors (Lipinski definition) is 0. The summed E-state index contributed by atoms with van der Waals surface area (Å²) in [6, 6.07) is 13.4. The highest BCUT2D eigenvalue weighted by atomic mass is 14.2. The van der Waals surface area contributed by atoms with Gasteiger partial charge in [-0.25, -0.2) is 0 Å². The van der Waals surface area contributed by atoms with E-state index < -0.39 is 0 Å². The average Bonchev–Trinajstić information content (AvgIpc) is 2.27. The third-order valence-corrected chi connectivity index (χ3v) is 3.22. The van der Waals surface area contributed by atoms with Crippen LogP contribution in [0.15, 0.2) is 42.0 Å². The highest BCUT2D eigenvalue weighted by Crippen LogP contribution is 2.28. The molecule has 0 saturated carbocycles. The lowest BCUT2D eigenvalue weighted by Crippen LogP contribution is -2.10. The molecule has 0 atom stereocenters. The highest BCUT2D eigenvalue weighted by molar-refractivity contribution is 5.91. The molecule has 0 aromatic heterocycles. The van der Waals surface area contributed by atoms with Gasteiger partial charge in [0.2, 0.25) is 0 Å². The SMILES string of the molecule is CC(C)=Cc1cccc2cc(C(C)(C)C)ccc12. The van der Waals surface area contributed by atoms with E-state index in [9.17, 15) is 0 Å². The molecule has 94 valence electrons. The van der Waals surface area contributed by atoms with E-state index in [2.05, 4.69) is 77.1 Å². The lowest BCUT2D eigenvalue weighted by atomic mass is 9.85. The van der Waals surface area contributed by atoms with Gasteiger partial charge in [-0.2, -0.15) is 0 Å².